The fourth-order valence-electron chi connectivity index (χ4n) is 2.93. The van der Waals surface area contributed by atoms with Crippen LogP contribution in [0.3, 0.4) is 0 Å². The van der Waals surface area contributed by atoms with Crippen molar-refractivity contribution in [2.75, 3.05) is 5.32 Å². The number of benzene rings is 1. The van der Waals surface area contributed by atoms with Crippen LogP contribution in [0.4, 0.5) is 18.9 Å². The van der Waals surface area contributed by atoms with Crippen molar-refractivity contribution in [2.45, 2.75) is 39.5 Å². The third-order valence-corrected chi connectivity index (χ3v) is 4.97. The highest BCUT2D eigenvalue weighted by molar-refractivity contribution is 9.10. The molecule has 2 aromatic heterocycles. The molecule has 0 aliphatic heterocycles. The average Bonchev–Trinajstić information content (AvgIpc) is 3.19. The van der Waals surface area contributed by atoms with E-state index < -0.39 is 17.8 Å². The number of hydrogen-bond donors (Lipinski definition) is 1. The van der Waals surface area contributed by atoms with Crippen LogP contribution < -0.4 is 5.32 Å². The van der Waals surface area contributed by atoms with Gasteiger partial charge in [-0.3, -0.25) is 14.2 Å². The smallest absolute Gasteiger partial charge is 0.321 e. The van der Waals surface area contributed by atoms with Gasteiger partial charge in [0.05, 0.1) is 39.9 Å². The lowest BCUT2D eigenvalue weighted by molar-refractivity contribution is -0.137. The molecule has 154 valence electrons. The Labute approximate surface area is 173 Å². The van der Waals surface area contributed by atoms with Crippen LogP contribution in [0.5, 0.6) is 0 Å². The van der Waals surface area contributed by atoms with Crippen LogP contribution in [-0.4, -0.2) is 25.5 Å². The van der Waals surface area contributed by atoms with Crippen LogP contribution >= 0.6 is 15.9 Å². The van der Waals surface area contributed by atoms with Crippen LogP contribution in [0.25, 0.3) is 0 Å². The maximum Gasteiger partial charge on any atom is 0.416 e. The fourth-order valence-corrected chi connectivity index (χ4v) is 3.23. The maximum absolute atomic E-state index is 12.9. The van der Waals surface area contributed by atoms with Crippen molar-refractivity contribution in [1.29, 1.82) is 0 Å². The molecule has 3 rings (SSSR count). The van der Waals surface area contributed by atoms with Gasteiger partial charge in [-0.15, -0.1) is 0 Å². The number of anilines is 1. The summed E-state index contributed by atoms with van der Waals surface area (Å²) in [6.07, 6.45) is -1.11. The van der Waals surface area contributed by atoms with Crippen LogP contribution in [0, 0.1) is 13.8 Å². The van der Waals surface area contributed by atoms with Crippen LogP contribution in [0.2, 0.25) is 0 Å². The Balaban J connectivity index is 1.79. The van der Waals surface area contributed by atoms with Gasteiger partial charge in [0.25, 0.3) is 0 Å². The van der Waals surface area contributed by atoms with Gasteiger partial charge in [0.15, 0.2) is 0 Å². The summed E-state index contributed by atoms with van der Waals surface area (Å²) in [6, 6.07) is 4.57. The van der Waals surface area contributed by atoms with Gasteiger partial charge in [-0.25, -0.2) is 0 Å². The van der Waals surface area contributed by atoms with E-state index in [9.17, 15) is 18.0 Å². The van der Waals surface area contributed by atoms with E-state index in [4.69, 9.17) is 0 Å². The molecular weight excluding hydrogens is 451 g/mol. The minimum absolute atomic E-state index is 0.161. The minimum atomic E-state index is -4.40. The van der Waals surface area contributed by atoms with E-state index >= 15 is 0 Å². The fraction of sp³-hybridized carbons (Fsp3) is 0.316. The van der Waals surface area contributed by atoms with E-state index in [1.165, 1.54) is 10.7 Å². The molecule has 1 amide bonds. The highest BCUT2D eigenvalue weighted by atomic mass is 79.9. The summed E-state index contributed by atoms with van der Waals surface area (Å²) in [5.41, 5.74) is 1.54. The van der Waals surface area contributed by atoms with E-state index in [0.29, 0.717) is 22.6 Å². The molecule has 1 atom stereocenters. The first-order valence-corrected chi connectivity index (χ1v) is 9.56. The molecule has 2 heterocycles. The molecule has 1 N–H and O–H groups in total. The number of nitrogens with one attached hydrogen (secondary N) is 1. The lowest BCUT2D eigenvalue weighted by Crippen LogP contribution is -2.24. The molecular formula is C19H19BrF3N5O. The SMILES string of the molecule is Cc1nn(Cc2cccc(C(F)(F)F)c2)c(C)c1NC(=O)C(C)n1cc(Br)cn1. The number of rotatable bonds is 5. The number of halogens is 4. The van der Waals surface area contributed by atoms with Gasteiger partial charge in [0, 0.05) is 6.20 Å². The number of hydrogen-bond acceptors (Lipinski definition) is 3. The second kappa shape index (κ2) is 8.02. The summed E-state index contributed by atoms with van der Waals surface area (Å²) in [6.45, 7) is 5.37. The van der Waals surface area contributed by atoms with Crippen LogP contribution in [0.1, 0.15) is 35.5 Å². The van der Waals surface area contributed by atoms with Gasteiger partial charge >= 0.3 is 6.18 Å². The van der Waals surface area contributed by atoms with Crippen LogP contribution in [0.15, 0.2) is 41.1 Å². The third-order valence-electron chi connectivity index (χ3n) is 4.56. The normalized spacial score (nSPS) is 12.8. The second-order valence-electron chi connectivity index (χ2n) is 6.71. The zero-order valence-electron chi connectivity index (χ0n) is 16.0. The number of carbonyl (C=O) groups is 1. The highest BCUT2D eigenvalue weighted by Gasteiger charge is 2.30. The number of aromatic nitrogens is 4. The molecule has 0 aliphatic carbocycles. The molecule has 1 unspecified atom stereocenters. The molecule has 10 heteroatoms. The number of alkyl halides is 3. The molecule has 3 aromatic rings. The Morgan fingerprint density at radius 2 is 2.03 bits per heavy atom. The third kappa shape index (κ3) is 4.69. The average molecular weight is 470 g/mol. The molecule has 1 aromatic carbocycles. The summed E-state index contributed by atoms with van der Waals surface area (Å²) < 4.78 is 42.7. The van der Waals surface area contributed by atoms with Gasteiger partial charge in [0.2, 0.25) is 5.91 Å². The molecule has 0 bridgehead atoms. The van der Waals surface area contributed by atoms with Crippen molar-refractivity contribution in [1.82, 2.24) is 19.6 Å². The Bertz CT molecular complexity index is 1040. The summed E-state index contributed by atoms with van der Waals surface area (Å²) in [7, 11) is 0. The lowest BCUT2D eigenvalue weighted by atomic mass is 10.1. The molecule has 0 saturated carbocycles. The molecule has 0 fully saturated rings. The van der Waals surface area contributed by atoms with Crippen molar-refractivity contribution in [2.24, 2.45) is 0 Å². The summed E-state index contributed by atoms with van der Waals surface area (Å²) in [5, 5.41) is 11.3. The first kappa shape index (κ1) is 21.1. The topological polar surface area (TPSA) is 64.7 Å². The van der Waals surface area contributed by atoms with Crippen LogP contribution in [-0.2, 0) is 17.5 Å². The van der Waals surface area contributed by atoms with Crippen molar-refractivity contribution in [3.63, 3.8) is 0 Å². The molecule has 6 nitrogen and oxygen atoms in total. The monoisotopic (exact) mass is 469 g/mol. The first-order valence-electron chi connectivity index (χ1n) is 8.77. The summed E-state index contributed by atoms with van der Waals surface area (Å²) >= 11 is 3.29. The van der Waals surface area contributed by atoms with E-state index in [0.717, 1.165) is 16.6 Å². The standard InChI is InChI=1S/C19H19BrF3N5O/c1-11-17(25-18(29)13(3)27-10-16(20)8-24-27)12(2)28(26-11)9-14-5-4-6-15(7-14)19(21,22)23/h4-8,10,13H,9H2,1-3H3,(H,25,29). The van der Waals surface area contributed by atoms with Gasteiger partial charge in [-0.2, -0.15) is 23.4 Å². The molecule has 0 radical (unpaired) electrons. The molecule has 0 spiro atoms. The van der Waals surface area contributed by atoms with E-state index in [2.05, 4.69) is 31.4 Å². The Kier molecular flexibility index (Phi) is 5.83. The minimum Gasteiger partial charge on any atom is -0.321 e. The summed E-state index contributed by atoms with van der Waals surface area (Å²) in [5.74, 6) is -0.273. The predicted molar refractivity (Wildman–Crippen MR) is 106 cm³/mol. The largest absolute Gasteiger partial charge is 0.416 e. The van der Waals surface area contributed by atoms with Gasteiger partial charge in [0.1, 0.15) is 6.04 Å². The Morgan fingerprint density at radius 3 is 2.66 bits per heavy atom. The van der Waals surface area contributed by atoms with Crippen molar-refractivity contribution < 1.29 is 18.0 Å². The molecule has 29 heavy (non-hydrogen) atoms. The van der Waals surface area contributed by atoms with E-state index in [1.807, 2.05) is 0 Å². The summed E-state index contributed by atoms with van der Waals surface area (Å²) in [4.78, 5) is 12.6. The van der Waals surface area contributed by atoms with Crippen molar-refractivity contribution in [3.8, 4) is 0 Å². The van der Waals surface area contributed by atoms with E-state index in [-0.39, 0.29) is 12.5 Å². The number of aryl methyl sites for hydroxylation is 1. The van der Waals surface area contributed by atoms with Crippen molar-refractivity contribution in [3.05, 3.63) is 63.6 Å². The second-order valence-corrected chi connectivity index (χ2v) is 7.62. The number of carbonyl (C=O) groups excluding carboxylic acids is 1. The molecule has 0 aliphatic rings. The predicted octanol–water partition coefficient (Wildman–Crippen LogP) is 4.73. The number of nitrogens with zero attached hydrogens (tertiary/aromatic N) is 4. The van der Waals surface area contributed by atoms with Gasteiger partial charge < -0.3 is 5.32 Å². The lowest BCUT2D eigenvalue weighted by Gasteiger charge is -2.13. The first-order chi connectivity index (χ1) is 13.6. The number of amides is 1. The zero-order chi connectivity index (χ0) is 21.3. The molecule has 0 saturated heterocycles. The van der Waals surface area contributed by atoms with Gasteiger partial charge in [-0.1, -0.05) is 12.1 Å². The quantitative estimate of drug-likeness (QED) is 0.587. The van der Waals surface area contributed by atoms with Crippen molar-refractivity contribution >= 4 is 27.5 Å². The maximum atomic E-state index is 12.9. The Morgan fingerprint density at radius 1 is 1.31 bits per heavy atom. The highest BCUT2D eigenvalue weighted by Crippen LogP contribution is 2.30. The van der Waals surface area contributed by atoms with E-state index in [1.54, 1.807) is 43.9 Å². The zero-order valence-corrected chi connectivity index (χ0v) is 17.5. The Hall–Kier alpha value is -2.62. The van der Waals surface area contributed by atoms with Gasteiger partial charge in [-0.05, 0) is 54.4 Å².